The molecule has 1 saturated carbocycles. The van der Waals surface area contributed by atoms with Crippen LogP contribution in [-0.4, -0.2) is 49.1 Å². The summed E-state index contributed by atoms with van der Waals surface area (Å²) in [5.41, 5.74) is -6.08. The van der Waals surface area contributed by atoms with Gasteiger partial charge in [0, 0.05) is 36.0 Å². The Balaban J connectivity index is 1.36. The number of fused-ring (bicyclic) bond motifs is 2. The van der Waals surface area contributed by atoms with Gasteiger partial charge in [-0.05, 0) is 58.1 Å². The molecule has 0 amide bonds. The average Bonchev–Trinajstić information content (AvgIpc) is 3.59. The molecule has 10 atom stereocenters. The van der Waals surface area contributed by atoms with E-state index in [1.165, 1.54) is 18.2 Å². The second kappa shape index (κ2) is 10.2. The monoisotopic (exact) mass is 682 g/mol. The Labute approximate surface area is 280 Å². The minimum absolute atomic E-state index is 0.0732. The number of benzene rings is 1. The number of methoxy groups -OCH3 is 1. The highest BCUT2D eigenvalue weighted by Crippen LogP contribution is 2.78. The zero-order valence-electron chi connectivity index (χ0n) is 27.9. The zero-order chi connectivity index (χ0) is 35.1. The van der Waals surface area contributed by atoms with E-state index in [2.05, 4.69) is 0 Å². The summed E-state index contributed by atoms with van der Waals surface area (Å²) in [6.07, 6.45) is -4.80. The first-order chi connectivity index (χ1) is 23.1. The van der Waals surface area contributed by atoms with Crippen molar-refractivity contribution in [3.63, 3.8) is 0 Å². The molecule has 1 aromatic heterocycles. The third-order valence-electron chi connectivity index (χ3n) is 12.7. The van der Waals surface area contributed by atoms with Crippen LogP contribution >= 0.6 is 0 Å². The number of carbonyl (C=O) groups excluding carboxylic acids is 2. The summed E-state index contributed by atoms with van der Waals surface area (Å²) in [7, 11) is 0.810. The van der Waals surface area contributed by atoms with Crippen molar-refractivity contribution in [3.05, 3.63) is 86.5 Å². The molecule has 0 N–H and O–H groups in total. The normalized spacial score (nSPS) is 38.2. The van der Waals surface area contributed by atoms with E-state index in [1.807, 2.05) is 26.8 Å². The fourth-order valence-electron chi connectivity index (χ4n) is 10.7. The topological polar surface area (TPSA) is 110 Å². The Kier molecular flexibility index (Phi) is 6.74. The highest BCUT2D eigenvalue weighted by atomic mass is 19.4. The van der Waals surface area contributed by atoms with Crippen LogP contribution in [-0.2, 0) is 34.1 Å². The molecule has 8 rings (SSSR count). The predicted molar refractivity (Wildman–Crippen MR) is 165 cm³/mol. The zero-order valence-corrected chi connectivity index (χ0v) is 27.9. The molecule has 1 aromatic carbocycles. The molecule has 6 aliphatic rings. The van der Waals surface area contributed by atoms with Crippen LogP contribution < -0.4 is 10.4 Å². The van der Waals surface area contributed by atoms with E-state index in [0.29, 0.717) is 23.3 Å². The van der Waals surface area contributed by atoms with E-state index < -0.39 is 75.9 Å². The van der Waals surface area contributed by atoms with Crippen LogP contribution in [0.4, 0.5) is 13.2 Å². The van der Waals surface area contributed by atoms with Crippen molar-refractivity contribution >= 4 is 11.8 Å². The molecular weight excluding hydrogens is 645 g/mol. The van der Waals surface area contributed by atoms with Crippen molar-refractivity contribution in [3.8, 4) is 5.75 Å². The molecule has 260 valence electrons. The van der Waals surface area contributed by atoms with E-state index >= 15 is 13.2 Å². The summed E-state index contributed by atoms with van der Waals surface area (Å²) in [5, 5.41) is 0. The molecule has 9 nitrogen and oxygen atoms in total. The van der Waals surface area contributed by atoms with Gasteiger partial charge in [0.2, 0.25) is 6.29 Å². The predicted octanol–water partition coefficient (Wildman–Crippen LogP) is 6.10. The quantitative estimate of drug-likeness (QED) is 0.279. The molecule has 0 unspecified atom stereocenters. The van der Waals surface area contributed by atoms with Gasteiger partial charge in [-0.2, -0.15) is 13.2 Å². The fraction of sp³-hybridized carbons (Fsp3) is 0.541. The molecule has 2 spiro atoms. The van der Waals surface area contributed by atoms with E-state index in [0.717, 1.165) is 24.8 Å². The van der Waals surface area contributed by atoms with Crippen LogP contribution in [0.15, 0.2) is 62.8 Å². The SMILES string of the molecule is CO[C@@](C(=O)O[C@H]1O[C@H]2c3c(c(C)c(C)oc3=O)O[C@]23C(C)=C[C@H]2O[C@H]4CC(=O)C=C(C)[C@@H]5CC[C@@]13[C@H]2[C@@]45C)(c1ccccc1)C(F)(F)F. The summed E-state index contributed by atoms with van der Waals surface area (Å²) in [6, 6.07) is 6.59. The molecule has 3 fully saturated rings. The van der Waals surface area contributed by atoms with Gasteiger partial charge in [0.1, 0.15) is 23.2 Å². The Hall–Kier alpha value is -3.74. The van der Waals surface area contributed by atoms with Gasteiger partial charge in [0.25, 0.3) is 5.60 Å². The standard InChI is InChI=1S/C37H37F3O9/c1-17-14-22(41)16-25-33(5)23(17)12-13-34-28(33)24(46-25)15-18(2)35(34)29(26-27(49-35)19(3)20(4)45-30(26)42)47-32(34)48-31(43)36(44-6,37(38,39)40)21-10-8-7-9-11-21/h7-11,14-15,23-25,28-29,32H,12-13,16H2,1-6H3/t23-,24+,25-,28+,29-,32+,33+,34+,35+,36+/m0/s1. The highest BCUT2D eigenvalue weighted by molar-refractivity contribution is 5.91. The van der Waals surface area contributed by atoms with Crippen LogP contribution in [0.3, 0.4) is 0 Å². The third-order valence-corrected chi connectivity index (χ3v) is 12.7. The third kappa shape index (κ3) is 3.70. The number of allylic oxidation sites excluding steroid dienone is 2. The minimum Gasteiger partial charge on any atom is -0.478 e. The maximum Gasteiger partial charge on any atom is 0.432 e. The Morgan fingerprint density at radius 2 is 1.76 bits per heavy atom. The molecule has 3 aliphatic carbocycles. The second-order valence-corrected chi connectivity index (χ2v) is 14.6. The molecule has 2 aromatic rings. The summed E-state index contributed by atoms with van der Waals surface area (Å²) in [6.45, 7) is 9.19. The van der Waals surface area contributed by atoms with Gasteiger partial charge in [0.15, 0.2) is 11.4 Å². The average molecular weight is 683 g/mol. The van der Waals surface area contributed by atoms with Gasteiger partial charge in [0.05, 0.1) is 17.6 Å². The van der Waals surface area contributed by atoms with Crippen molar-refractivity contribution in [2.45, 2.75) is 95.9 Å². The van der Waals surface area contributed by atoms with Gasteiger partial charge in [-0.3, -0.25) is 4.79 Å². The molecule has 0 radical (unpaired) electrons. The molecule has 12 heteroatoms. The number of ketones is 1. The van der Waals surface area contributed by atoms with Gasteiger partial charge in [-0.25, -0.2) is 9.59 Å². The first-order valence-electron chi connectivity index (χ1n) is 16.5. The largest absolute Gasteiger partial charge is 0.478 e. The van der Waals surface area contributed by atoms with E-state index in [9.17, 15) is 14.4 Å². The van der Waals surface area contributed by atoms with Gasteiger partial charge < -0.3 is 28.1 Å². The molecule has 3 aliphatic heterocycles. The molecule has 49 heavy (non-hydrogen) atoms. The van der Waals surface area contributed by atoms with E-state index in [-0.39, 0.29) is 35.9 Å². The summed E-state index contributed by atoms with van der Waals surface area (Å²) >= 11 is 0. The van der Waals surface area contributed by atoms with Crippen LogP contribution in [0.25, 0.3) is 0 Å². The second-order valence-electron chi connectivity index (χ2n) is 14.6. The number of rotatable bonds is 4. The summed E-state index contributed by atoms with van der Waals surface area (Å²) in [5.74, 6) is -1.83. The van der Waals surface area contributed by atoms with Crippen molar-refractivity contribution < 1.29 is 50.9 Å². The molecule has 4 heterocycles. The molecule has 2 saturated heterocycles. The highest BCUT2D eigenvalue weighted by Gasteiger charge is 2.84. The van der Waals surface area contributed by atoms with Crippen LogP contribution in [0.1, 0.15) is 68.6 Å². The lowest BCUT2D eigenvalue weighted by atomic mass is 9.42. The Bertz CT molecular complexity index is 1920. The van der Waals surface area contributed by atoms with E-state index in [1.54, 1.807) is 19.9 Å². The summed E-state index contributed by atoms with van der Waals surface area (Å²) in [4.78, 5) is 41.0. The number of ether oxygens (including phenoxy) is 5. The minimum atomic E-state index is -5.23. The number of hydrogen-bond acceptors (Lipinski definition) is 9. The number of carbonyl (C=O) groups is 2. The summed E-state index contributed by atoms with van der Waals surface area (Å²) < 4.78 is 82.5. The number of esters is 1. The van der Waals surface area contributed by atoms with Crippen molar-refractivity contribution in [1.82, 2.24) is 0 Å². The maximum atomic E-state index is 15.1. The van der Waals surface area contributed by atoms with E-state index in [4.69, 9.17) is 28.1 Å². The van der Waals surface area contributed by atoms with Gasteiger partial charge in [-0.1, -0.05) is 48.9 Å². The number of alkyl halides is 3. The number of aryl methyl sites for hydroxylation is 1. The smallest absolute Gasteiger partial charge is 0.432 e. The molecular formula is C37H37F3O9. The lowest BCUT2D eigenvalue weighted by molar-refractivity contribution is -0.292. The van der Waals surface area contributed by atoms with Crippen molar-refractivity contribution in [1.29, 1.82) is 0 Å². The van der Waals surface area contributed by atoms with Crippen molar-refractivity contribution in [2.75, 3.05) is 7.11 Å². The lowest BCUT2D eigenvalue weighted by Crippen LogP contribution is -2.68. The first-order valence-corrected chi connectivity index (χ1v) is 16.5. The van der Waals surface area contributed by atoms with Crippen LogP contribution in [0.5, 0.6) is 5.75 Å². The Morgan fingerprint density at radius 1 is 1.04 bits per heavy atom. The maximum absolute atomic E-state index is 15.1. The lowest BCUT2D eigenvalue weighted by Gasteiger charge is -2.61. The number of halogens is 3. The number of hydrogen-bond donors (Lipinski definition) is 0. The van der Waals surface area contributed by atoms with Gasteiger partial charge in [-0.15, -0.1) is 0 Å². The van der Waals surface area contributed by atoms with Crippen LogP contribution in [0, 0.1) is 36.5 Å². The Morgan fingerprint density at radius 3 is 2.43 bits per heavy atom. The van der Waals surface area contributed by atoms with Crippen LogP contribution in [0.2, 0.25) is 0 Å². The van der Waals surface area contributed by atoms with Gasteiger partial charge >= 0.3 is 17.8 Å². The van der Waals surface area contributed by atoms with Crippen molar-refractivity contribution in [2.24, 2.45) is 22.7 Å². The first kappa shape index (κ1) is 32.5. The fourth-order valence-corrected chi connectivity index (χ4v) is 10.7. The molecule has 0 bridgehead atoms.